The number of nitrogens with one attached hydrogen (secondary N) is 1. The smallest absolute Gasteiger partial charge is 0.415 e. The summed E-state index contributed by atoms with van der Waals surface area (Å²) in [5, 5.41) is 4.69. The molecule has 4 amide bonds. The van der Waals surface area contributed by atoms with Gasteiger partial charge in [0.15, 0.2) is 11.5 Å². The zero-order chi connectivity index (χ0) is 43.1. The molecule has 0 unspecified atom stereocenters. The second kappa shape index (κ2) is 17.2. The average molecular weight is 854 g/mol. The van der Waals surface area contributed by atoms with Crippen molar-refractivity contribution in [1.29, 1.82) is 0 Å². The summed E-state index contributed by atoms with van der Waals surface area (Å²) >= 11 is 6.55. The van der Waals surface area contributed by atoms with E-state index in [-0.39, 0.29) is 36.7 Å². The van der Waals surface area contributed by atoms with Gasteiger partial charge in [-0.25, -0.2) is 4.79 Å². The van der Waals surface area contributed by atoms with E-state index in [2.05, 4.69) is 10.2 Å². The van der Waals surface area contributed by atoms with Crippen LogP contribution in [0.2, 0.25) is 0 Å². The van der Waals surface area contributed by atoms with Gasteiger partial charge in [-0.3, -0.25) is 14.4 Å². The number of hydrogen-bond donors (Lipinski definition) is 1. The van der Waals surface area contributed by atoms with Gasteiger partial charge < -0.3 is 39.1 Å². The highest BCUT2D eigenvalue weighted by Gasteiger charge is 2.39. The van der Waals surface area contributed by atoms with Gasteiger partial charge in [-0.05, 0) is 53.3 Å². The van der Waals surface area contributed by atoms with Crippen LogP contribution in [-0.2, 0) is 22.6 Å². The molecule has 4 heterocycles. The van der Waals surface area contributed by atoms with E-state index in [0.717, 1.165) is 57.3 Å². The third kappa shape index (κ3) is 7.96. The zero-order valence-electron chi connectivity index (χ0n) is 35.0. The van der Waals surface area contributed by atoms with E-state index in [4.69, 9.17) is 25.8 Å². The van der Waals surface area contributed by atoms with E-state index < -0.39 is 12.1 Å². The Labute approximate surface area is 365 Å². The van der Waals surface area contributed by atoms with E-state index in [1.807, 2.05) is 98.9 Å². The van der Waals surface area contributed by atoms with Crippen molar-refractivity contribution in [2.75, 3.05) is 69.5 Å². The van der Waals surface area contributed by atoms with Crippen LogP contribution in [0.25, 0.3) is 16.3 Å². The highest BCUT2D eigenvalue weighted by molar-refractivity contribution is 6.19. The lowest BCUT2D eigenvalue weighted by Gasteiger charge is -2.32. The second-order valence-corrected chi connectivity index (χ2v) is 16.8. The lowest BCUT2D eigenvalue weighted by molar-refractivity contribution is -0.120. The Balaban J connectivity index is 0.907. The van der Waals surface area contributed by atoms with Crippen molar-refractivity contribution in [2.45, 2.75) is 38.3 Å². The summed E-state index contributed by atoms with van der Waals surface area (Å²) in [7, 11) is 3.54. The molecule has 9 rings (SSSR count). The van der Waals surface area contributed by atoms with Gasteiger partial charge in [0.05, 0.1) is 30.5 Å². The molecule has 0 spiro atoms. The van der Waals surface area contributed by atoms with Crippen LogP contribution in [-0.4, -0.2) is 104 Å². The Kier molecular flexibility index (Phi) is 11.4. The molecule has 318 valence electrons. The number of alkyl halides is 1. The summed E-state index contributed by atoms with van der Waals surface area (Å²) in [6, 6.07) is 28.0. The van der Waals surface area contributed by atoms with Crippen molar-refractivity contribution >= 4 is 63.1 Å². The molecule has 0 aliphatic carbocycles. The largest absolute Gasteiger partial charge is 0.493 e. The Bertz CT molecular complexity index is 2620. The number of amides is 4. The van der Waals surface area contributed by atoms with Crippen LogP contribution < -0.4 is 24.4 Å². The number of anilines is 2. The molecule has 1 saturated heterocycles. The van der Waals surface area contributed by atoms with Gasteiger partial charge in [-0.2, -0.15) is 0 Å². The van der Waals surface area contributed by atoms with Gasteiger partial charge in [0.1, 0.15) is 18.4 Å². The summed E-state index contributed by atoms with van der Waals surface area (Å²) in [4.78, 5) is 62.4. The average Bonchev–Trinajstić information content (AvgIpc) is 3.63. The minimum atomic E-state index is -0.669. The molecule has 0 bridgehead atoms. The van der Waals surface area contributed by atoms with Gasteiger partial charge in [-0.15, -0.1) is 11.6 Å². The van der Waals surface area contributed by atoms with Gasteiger partial charge >= 0.3 is 6.09 Å². The van der Waals surface area contributed by atoms with E-state index in [1.165, 1.54) is 7.11 Å². The minimum absolute atomic E-state index is 0.104. The maximum Gasteiger partial charge on any atom is 0.415 e. The molecule has 13 heteroatoms. The number of ether oxygens (including phenoxy) is 3. The fraction of sp³-hybridized carbons (Fsp3) is 0.306. The number of carbonyl (C=O) groups excluding carboxylic acids is 4. The third-order valence-corrected chi connectivity index (χ3v) is 12.8. The lowest BCUT2D eigenvalue weighted by atomic mass is 9.93. The van der Waals surface area contributed by atoms with Crippen LogP contribution in [0.15, 0.2) is 97.1 Å². The van der Waals surface area contributed by atoms with Gasteiger partial charge in [0.2, 0.25) is 11.8 Å². The first kappa shape index (κ1) is 41.0. The molecule has 4 aliphatic rings. The van der Waals surface area contributed by atoms with Crippen LogP contribution >= 0.6 is 11.6 Å². The molecule has 4 aliphatic heterocycles. The number of fused-ring (bicyclic) bond motifs is 5. The monoisotopic (exact) mass is 853 g/mol. The molecule has 5 aromatic rings. The highest BCUT2D eigenvalue weighted by atomic mass is 35.5. The Morgan fingerprint density at radius 2 is 1.61 bits per heavy atom. The van der Waals surface area contributed by atoms with Crippen LogP contribution in [0.1, 0.15) is 50.5 Å². The quantitative estimate of drug-likeness (QED) is 0.150. The number of hydrogen-bond acceptors (Lipinski definition) is 8. The van der Waals surface area contributed by atoms with Crippen molar-refractivity contribution in [1.82, 2.24) is 14.7 Å². The van der Waals surface area contributed by atoms with Crippen molar-refractivity contribution in [3.8, 4) is 17.2 Å². The predicted octanol–water partition coefficient (Wildman–Crippen LogP) is 7.64. The maximum atomic E-state index is 14.2. The molecular weight excluding hydrogens is 806 g/mol. The molecule has 62 heavy (non-hydrogen) atoms. The number of likely N-dealkylation sites (N-methyl/N-ethyl adjacent to an activating group) is 1. The number of rotatable bonds is 9. The summed E-state index contributed by atoms with van der Waals surface area (Å²) in [5.41, 5.74) is 7.15. The number of halogens is 1. The Morgan fingerprint density at radius 3 is 2.37 bits per heavy atom. The number of nitrogens with zero attached hydrogens (tertiary/aromatic N) is 4. The molecule has 1 fully saturated rings. The fourth-order valence-corrected chi connectivity index (χ4v) is 9.20. The molecule has 0 radical (unpaired) electrons. The van der Waals surface area contributed by atoms with E-state index >= 15 is 0 Å². The molecule has 1 N–H and O–H groups in total. The summed E-state index contributed by atoms with van der Waals surface area (Å²) in [6.45, 7) is 5.57. The summed E-state index contributed by atoms with van der Waals surface area (Å²) in [6.07, 6.45) is 2.12. The van der Waals surface area contributed by atoms with Crippen molar-refractivity contribution in [3.05, 3.63) is 130 Å². The van der Waals surface area contributed by atoms with Crippen LogP contribution in [0.4, 0.5) is 16.2 Å². The molecule has 0 saturated carbocycles. The minimum Gasteiger partial charge on any atom is -0.493 e. The number of benzene rings is 5. The molecule has 5 aromatic carbocycles. The number of methoxy groups -OCH3 is 1. The first-order valence-electron chi connectivity index (χ1n) is 21.0. The standard InChI is InChI=1S/C49H48ClN5O7/c1-30-11-13-33(14-12-30)34-15-16-54-41(23-34)47(57)51-39-25-44(43(60-3)24-38(39)48(54)58)61-29-32-8-6-7-31(21-32)22-45(56)55-28-35(27-50)46-37-10-5-4-9-36(37)42(26-40(46)55)62-49(59)53-19-17-52(2)18-20-53/h4-15,21,24-26,35,41H,16-20,22-23,27-29H2,1-3H3,(H,51,57)/t35-,41+/m1/s1. The van der Waals surface area contributed by atoms with Crippen molar-refractivity contribution < 1.29 is 33.4 Å². The molecule has 0 aromatic heterocycles. The normalized spacial score (nSPS) is 18.6. The van der Waals surface area contributed by atoms with Crippen molar-refractivity contribution in [3.63, 3.8) is 0 Å². The molecular formula is C49H48ClN5O7. The van der Waals surface area contributed by atoms with Gasteiger partial charge in [-0.1, -0.05) is 84.4 Å². The maximum absolute atomic E-state index is 14.2. The zero-order valence-corrected chi connectivity index (χ0v) is 35.7. The highest BCUT2D eigenvalue weighted by Crippen LogP contribution is 2.46. The number of piperazine rings is 1. The molecule has 12 nitrogen and oxygen atoms in total. The van der Waals surface area contributed by atoms with Crippen molar-refractivity contribution in [2.24, 2.45) is 0 Å². The summed E-state index contributed by atoms with van der Waals surface area (Å²) in [5.74, 6) is 0.691. The SMILES string of the molecule is COc1cc2c(cc1OCc1cccc(CC(=O)N3C[C@@H](CCl)c4c3cc(OC(=O)N3CCN(C)CC3)c3ccccc43)c1)NC(=O)[C@@H]1CC(c3ccc(C)cc3)=CCN1C2=O. The first-order chi connectivity index (χ1) is 30.1. The lowest BCUT2D eigenvalue weighted by Crippen LogP contribution is -2.48. The topological polar surface area (TPSA) is 121 Å². The third-order valence-electron chi connectivity index (χ3n) is 12.4. The van der Waals surface area contributed by atoms with E-state index in [1.54, 1.807) is 26.8 Å². The number of aryl methyl sites for hydroxylation is 1. The van der Waals surface area contributed by atoms with Crippen LogP contribution in [0.5, 0.6) is 17.2 Å². The summed E-state index contributed by atoms with van der Waals surface area (Å²) < 4.78 is 18.1. The van der Waals surface area contributed by atoms with E-state index in [0.29, 0.717) is 72.7 Å². The van der Waals surface area contributed by atoms with Crippen LogP contribution in [0, 0.1) is 6.92 Å². The van der Waals surface area contributed by atoms with Gasteiger partial charge in [0, 0.05) is 75.0 Å². The Morgan fingerprint density at radius 1 is 0.855 bits per heavy atom. The second-order valence-electron chi connectivity index (χ2n) is 16.5. The van der Waals surface area contributed by atoms with Crippen LogP contribution in [0.3, 0.4) is 0 Å². The Hall–Kier alpha value is -6.37. The number of carbonyl (C=O) groups is 4. The fourth-order valence-electron chi connectivity index (χ4n) is 8.95. The first-order valence-corrected chi connectivity index (χ1v) is 21.5. The molecule has 2 atom stereocenters. The van der Waals surface area contributed by atoms with Gasteiger partial charge in [0.25, 0.3) is 5.91 Å². The van der Waals surface area contributed by atoms with E-state index in [9.17, 15) is 19.2 Å². The predicted molar refractivity (Wildman–Crippen MR) is 240 cm³/mol.